The zero-order valence-electron chi connectivity index (χ0n) is 13.9. The summed E-state index contributed by atoms with van der Waals surface area (Å²) < 4.78 is 15.9. The number of nitrogens with zero attached hydrogens (tertiary/aromatic N) is 4. The van der Waals surface area contributed by atoms with Crippen LogP contribution >= 0.6 is 0 Å². The normalized spacial score (nSPS) is 15.5. The summed E-state index contributed by atoms with van der Waals surface area (Å²) in [6.45, 7) is 7.11. The average Bonchev–Trinajstić information content (AvgIpc) is 2.92. The van der Waals surface area contributed by atoms with Crippen LogP contribution in [0.3, 0.4) is 0 Å². The van der Waals surface area contributed by atoms with Crippen LogP contribution in [0.25, 0.3) is 0 Å². The molecule has 0 radical (unpaired) electrons. The lowest BCUT2D eigenvalue weighted by Gasteiger charge is -2.36. The fourth-order valence-electron chi connectivity index (χ4n) is 3.24. The van der Waals surface area contributed by atoms with Gasteiger partial charge in [-0.2, -0.15) is 5.26 Å². The summed E-state index contributed by atoms with van der Waals surface area (Å²) in [5.41, 5.74) is 7.78. The van der Waals surface area contributed by atoms with Crippen LogP contribution in [0.1, 0.15) is 18.2 Å². The molecule has 0 atom stereocenters. The third-order valence-electron chi connectivity index (χ3n) is 4.62. The molecule has 6 heteroatoms. The van der Waals surface area contributed by atoms with E-state index in [4.69, 9.17) is 5.73 Å². The van der Waals surface area contributed by atoms with Gasteiger partial charge in [-0.3, -0.25) is 0 Å². The van der Waals surface area contributed by atoms with Crippen LogP contribution < -0.4 is 10.6 Å². The fraction of sp³-hybridized carbons (Fsp3) is 0.389. The summed E-state index contributed by atoms with van der Waals surface area (Å²) >= 11 is 0. The number of halogens is 1. The topological polar surface area (TPSA) is 61.2 Å². The van der Waals surface area contributed by atoms with Gasteiger partial charge in [-0.25, -0.2) is 4.39 Å². The number of nitriles is 1. The number of aromatic nitrogens is 1. The van der Waals surface area contributed by atoms with Crippen LogP contribution in [0.15, 0.2) is 30.3 Å². The Labute approximate surface area is 141 Å². The van der Waals surface area contributed by atoms with Gasteiger partial charge in [0.1, 0.15) is 23.4 Å². The Morgan fingerprint density at radius 2 is 1.92 bits per heavy atom. The molecule has 1 aromatic heterocycles. The Morgan fingerprint density at radius 3 is 2.54 bits per heavy atom. The molecular weight excluding hydrogens is 305 g/mol. The predicted octanol–water partition coefficient (Wildman–Crippen LogP) is 2.27. The minimum absolute atomic E-state index is 0.268. The third kappa shape index (κ3) is 3.08. The number of nitrogens with two attached hydrogens (primary N) is 1. The SMILES string of the molecule is CCN1CCN(c2c(N)cc(C#N)n2Cc2ccccc2F)CC1. The van der Waals surface area contributed by atoms with Crippen molar-refractivity contribution in [3.63, 3.8) is 0 Å². The van der Waals surface area contributed by atoms with Crippen molar-refractivity contribution in [2.75, 3.05) is 43.4 Å². The van der Waals surface area contributed by atoms with Gasteiger partial charge in [-0.15, -0.1) is 0 Å². The first-order chi connectivity index (χ1) is 11.6. The number of hydrogen-bond acceptors (Lipinski definition) is 4. The maximum atomic E-state index is 14.0. The Morgan fingerprint density at radius 1 is 1.21 bits per heavy atom. The highest BCUT2D eigenvalue weighted by atomic mass is 19.1. The second-order valence-electron chi connectivity index (χ2n) is 6.02. The van der Waals surface area contributed by atoms with Crippen molar-refractivity contribution in [2.24, 2.45) is 0 Å². The van der Waals surface area contributed by atoms with Crippen molar-refractivity contribution < 1.29 is 4.39 Å². The highest BCUT2D eigenvalue weighted by molar-refractivity contribution is 5.68. The van der Waals surface area contributed by atoms with Crippen molar-refractivity contribution >= 4 is 11.5 Å². The Balaban J connectivity index is 1.94. The largest absolute Gasteiger partial charge is 0.396 e. The number of anilines is 2. The van der Waals surface area contributed by atoms with Crippen LogP contribution in [-0.2, 0) is 6.54 Å². The first-order valence-electron chi connectivity index (χ1n) is 8.23. The zero-order valence-corrected chi connectivity index (χ0v) is 13.9. The van der Waals surface area contributed by atoms with Crippen molar-refractivity contribution in [3.05, 3.63) is 47.4 Å². The summed E-state index contributed by atoms with van der Waals surface area (Å²) in [5, 5.41) is 9.44. The molecule has 1 fully saturated rings. The molecule has 5 nitrogen and oxygen atoms in total. The fourth-order valence-corrected chi connectivity index (χ4v) is 3.24. The maximum absolute atomic E-state index is 14.0. The van der Waals surface area contributed by atoms with E-state index in [2.05, 4.69) is 22.8 Å². The summed E-state index contributed by atoms with van der Waals surface area (Å²) in [6, 6.07) is 10.5. The molecule has 0 amide bonds. The first-order valence-corrected chi connectivity index (χ1v) is 8.23. The van der Waals surface area contributed by atoms with Crippen molar-refractivity contribution in [2.45, 2.75) is 13.5 Å². The molecule has 2 heterocycles. The summed E-state index contributed by atoms with van der Waals surface area (Å²) in [4.78, 5) is 4.57. The number of likely N-dealkylation sites (N-methyl/N-ethyl adjacent to an activating group) is 1. The average molecular weight is 327 g/mol. The minimum atomic E-state index is -0.268. The molecule has 1 aromatic carbocycles. The van der Waals surface area contributed by atoms with Gasteiger partial charge in [0, 0.05) is 31.7 Å². The Hall–Kier alpha value is -2.52. The van der Waals surface area contributed by atoms with Gasteiger partial charge in [0.25, 0.3) is 0 Å². The highest BCUT2D eigenvalue weighted by Crippen LogP contribution is 2.30. The van der Waals surface area contributed by atoms with E-state index in [-0.39, 0.29) is 5.82 Å². The molecule has 1 aliphatic heterocycles. The molecule has 126 valence electrons. The molecule has 3 rings (SSSR count). The van der Waals surface area contributed by atoms with Gasteiger partial charge in [-0.1, -0.05) is 25.1 Å². The summed E-state index contributed by atoms with van der Waals surface area (Å²) in [5.74, 6) is 0.556. The van der Waals surface area contributed by atoms with Gasteiger partial charge in [0.05, 0.1) is 12.2 Å². The van der Waals surface area contributed by atoms with E-state index >= 15 is 0 Å². The second kappa shape index (κ2) is 6.93. The number of hydrogen-bond donors (Lipinski definition) is 1. The molecule has 24 heavy (non-hydrogen) atoms. The molecule has 1 saturated heterocycles. The Kier molecular flexibility index (Phi) is 4.72. The Bertz CT molecular complexity index is 753. The van der Waals surface area contributed by atoms with Crippen molar-refractivity contribution in [1.82, 2.24) is 9.47 Å². The molecule has 0 spiro atoms. The lowest BCUT2D eigenvalue weighted by Crippen LogP contribution is -2.47. The monoisotopic (exact) mass is 327 g/mol. The van der Waals surface area contributed by atoms with Crippen LogP contribution in [0.4, 0.5) is 15.9 Å². The molecule has 0 bridgehead atoms. The van der Waals surface area contributed by atoms with Crippen LogP contribution in [0, 0.1) is 17.1 Å². The number of piperazine rings is 1. The lowest BCUT2D eigenvalue weighted by atomic mass is 10.2. The molecule has 2 aromatic rings. The summed E-state index contributed by atoms with van der Waals surface area (Å²) in [7, 11) is 0. The third-order valence-corrected chi connectivity index (χ3v) is 4.62. The molecule has 0 aliphatic carbocycles. The van der Waals surface area contributed by atoms with E-state index in [1.54, 1.807) is 24.3 Å². The van der Waals surface area contributed by atoms with Crippen LogP contribution in [0.5, 0.6) is 0 Å². The van der Waals surface area contributed by atoms with Crippen LogP contribution in [-0.4, -0.2) is 42.2 Å². The van der Waals surface area contributed by atoms with Crippen LogP contribution in [0.2, 0.25) is 0 Å². The van der Waals surface area contributed by atoms with Gasteiger partial charge >= 0.3 is 0 Å². The van der Waals surface area contributed by atoms with Gasteiger partial charge in [0.15, 0.2) is 0 Å². The van der Waals surface area contributed by atoms with E-state index in [0.29, 0.717) is 23.5 Å². The van der Waals surface area contributed by atoms with Gasteiger partial charge in [-0.05, 0) is 18.7 Å². The van der Waals surface area contributed by atoms with E-state index in [1.165, 1.54) is 6.07 Å². The van der Waals surface area contributed by atoms with E-state index < -0.39 is 0 Å². The van der Waals surface area contributed by atoms with Crippen molar-refractivity contribution in [3.8, 4) is 6.07 Å². The standard InChI is InChI=1S/C18H22FN5/c1-2-22-7-9-23(10-8-22)18-17(21)11-15(12-20)24(18)13-14-5-3-4-6-16(14)19/h3-6,11H,2,7-10,13,21H2,1H3. The van der Waals surface area contributed by atoms with Crippen molar-refractivity contribution in [1.29, 1.82) is 5.26 Å². The lowest BCUT2D eigenvalue weighted by molar-refractivity contribution is 0.270. The van der Waals surface area contributed by atoms with E-state index in [1.807, 2.05) is 4.57 Å². The first kappa shape index (κ1) is 16.3. The number of nitrogen functional groups attached to an aromatic ring is 1. The van der Waals surface area contributed by atoms with Gasteiger partial charge in [0.2, 0.25) is 0 Å². The van der Waals surface area contributed by atoms with Gasteiger partial charge < -0.3 is 20.1 Å². The molecule has 0 unspecified atom stereocenters. The molecule has 2 N–H and O–H groups in total. The molecule has 1 aliphatic rings. The minimum Gasteiger partial charge on any atom is -0.396 e. The van der Waals surface area contributed by atoms with E-state index in [0.717, 1.165) is 38.5 Å². The number of benzene rings is 1. The quantitative estimate of drug-likeness (QED) is 0.936. The zero-order chi connectivity index (χ0) is 17.1. The van der Waals surface area contributed by atoms with E-state index in [9.17, 15) is 9.65 Å². The highest BCUT2D eigenvalue weighted by Gasteiger charge is 2.23. The smallest absolute Gasteiger partial charge is 0.133 e. The molecular formula is C18H22FN5. The maximum Gasteiger partial charge on any atom is 0.133 e. The number of rotatable bonds is 4. The predicted molar refractivity (Wildman–Crippen MR) is 93.4 cm³/mol. The second-order valence-corrected chi connectivity index (χ2v) is 6.02. The summed E-state index contributed by atoms with van der Waals surface area (Å²) in [6.07, 6.45) is 0. The molecule has 0 saturated carbocycles.